The van der Waals surface area contributed by atoms with Crippen LogP contribution in [0.5, 0.6) is 0 Å². The number of nitrogens with one attached hydrogen (secondary N) is 1. The van der Waals surface area contributed by atoms with Gasteiger partial charge in [0.15, 0.2) is 0 Å². The van der Waals surface area contributed by atoms with Gasteiger partial charge < -0.3 is 10.5 Å². The first-order valence-electron chi connectivity index (χ1n) is 8.34. The van der Waals surface area contributed by atoms with Crippen molar-refractivity contribution in [2.24, 2.45) is 11.7 Å². The highest BCUT2D eigenvalue weighted by molar-refractivity contribution is 7.89. The number of esters is 1. The van der Waals surface area contributed by atoms with E-state index in [1.54, 1.807) is 24.3 Å². The van der Waals surface area contributed by atoms with E-state index in [0.29, 0.717) is 6.54 Å². The van der Waals surface area contributed by atoms with E-state index in [9.17, 15) is 13.2 Å². The van der Waals surface area contributed by atoms with Crippen molar-refractivity contribution in [2.45, 2.75) is 48.5 Å². The number of hydrogen-bond acceptors (Lipinski definition) is 5. The molecule has 1 aromatic rings. The van der Waals surface area contributed by atoms with Crippen LogP contribution in [0.25, 0.3) is 0 Å². The summed E-state index contributed by atoms with van der Waals surface area (Å²) in [5, 5.41) is 0. The fourth-order valence-corrected chi connectivity index (χ4v) is 4.96. The summed E-state index contributed by atoms with van der Waals surface area (Å²) in [6, 6.07) is 6.46. The molecule has 25 heavy (non-hydrogen) atoms. The van der Waals surface area contributed by atoms with Crippen LogP contribution in [0.1, 0.15) is 37.7 Å². The zero-order valence-corrected chi connectivity index (χ0v) is 15.9. The van der Waals surface area contributed by atoms with Crippen LogP contribution in [0.15, 0.2) is 29.2 Å². The van der Waals surface area contributed by atoms with E-state index < -0.39 is 15.4 Å². The van der Waals surface area contributed by atoms with Gasteiger partial charge >= 0.3 is 5.97 Å². The number of nitrogens with two attached hydrogens (primary N) is 1. The van der Waals surface area contributed by atoms with Gasteiger partial charge in [-0.2, -0.15) is 0 Å². The number of carbonyl (C=O) groups excluding carboxylic acids is 1. The molecular weight excluding hydrogens is 364 g/mol. The van der Waals surface area contributed by atoms with Crippen LogP contribution in [0.2, 0.25) is 0 Å². The lowest BCUT2D eigenvalue weighted by Gasteiger charge is -2.20. The molecule has 1 aromatic carbocycles. The monoisotopic (exact) mass is 388 g/mol. The first-order valence-corrected chi connectivity index (χ1v) is 9.82. The van der Waals surface area contributed by atoms with Gasteiger partial charge in [-0.3, -0.25) is 4.79 Å². The molecule has 0 amide bonds. The van der Waals surface area contributed by atoms with Gasteiger partial charge in [-0.15, -0.1) is 12.4 Å². The number of carbonyl (C=O) groups is 1. The summed E-state index contributed by atoms with van der Waals surface area (Å²) in [6.45, 7) is 0.494. The molecule has 8 heteroatoms. The van der Waals surface area contributed by atoms with Crippen molar-refractivity contribution < 1.29 is 17.9 Å². The normalized spacial score (nSPS) is 24.4. The molecule has 0 saturated heterocycles. The molecule has 2 atom stereocenters. The fraction of sp³-hybridized carbons (Fsp3) is 0.588. The summed E-state index contributed by atoms with van der Waals surface area (Å²) < 4.78 is 32.8. The smallest absolute Gasteiger partial charge is 0.316 e. The SMILES string of the molecule is COC(=O)C1(c2ccc(S(=O)(=O)NC3CCCC3CN)cc2)CC1.Cl. The van der Waals surface area contributed by atoms with Gasteiger partial charge in [0, 0.05) is 6.04 Å². The Hall–Kier alpha value is -1.15. The van der Waals surface area contributed by atoms with Crippen molar-refractivity contribution in [1.82, 2.24) is 4.72 Å². The Labute approximate surface area is 155 Å². The van der Waals surface area contributed by atoms with Crippen LogP contribution in [-0.4, -0.2) is 34.1 Å². The van der Waals surface area contributed by atoms with E-state index in [0.717, 1.165) is 37.7 Å². The number of sulfonamides is 1. The summed E-state index contributed by atoms with van der Waals surface area (Å²) in [5.74, 6) is -0.0546. The second kappa shape index (κ2) is 7.61. The largest absolute Gasteiger partial charge is 0.468 e. The van der Waals surface area contributed by atoms with E-state index in [1.165, 1.54) is 7.11 Å². The summed E-state index contributed by atoms with van der Waals surface area (Å²) in [4.78, 5) is 12.1. The molecule has 0 bridgehead atoms. The van der Waals surface area contributed by atoms with Crippen molar-refractivity contribution in [1.29, 1.82) is 0 Å². The van der Waals surface area contributed by atoms with E-state index in [1.807, 2.05) is 0 Å². The Morgan fingerprint density at radius 1 is 1.28 bits per heavy atom. The molecule has 2 saturated carbocycles. The minimum Gasteiger partial charge on any atom is -0.468 e. The predicted octanol–water partition coefficient (Wildman–Crippen LogP) is 1.72. The second-order valence-corrected chi connectivity index (χ2v) is 8.47. The molecule has 0 aromatic heterocycles. The average Bonchev–Trinajstić information content (AvgIpc) is 3.29. The minimum absolute atomic E-state index is 0. The zero-order chi connectivity index (χ0) is 17.4. The Morgan fingerprint density at radius 2 is 1.92 bits per heavy atom. The van der Waals surface area contributed by atoms with Crippen LogP contribution < -0.4 is 10.5 Å². The Kier molecular flexibility index (Phi) is 6.14. The molecule has 2 aliphatic carbocycles. The van der Waals surface area contributed by atoms with Crippen LogP contribution >= 0.6 is 12.4 Å². The van der Waals surface area contributed by atoms with Gasteiger partial charge in [0.1, 0.15) is 0 Å². The summed E-state index contributed by atoms with van der Waals surface area (Å²) in [6.07, 6.45) is 4.26. The highest BCUT2D eigenvalue weighted by Crippen LogP contribution is 2.49. The van der Waals surface area contributed by atoms with Crippen molar-refractivity contribution in [3.8, 4) is 0 Å². The second-order valence-electron chi connectivity index (χ2n) is 6.75. The molecule has 0 heterocycles. The van der Waals surface area contributed by atoms with Crippen LogP contribution in [-0.2, 0) is 25.0 Å². The lowest BCUT2D eigenvalue weighted by Crippen LogP contribution is -2.39. The highest BCUT2D eigenvalue weighted by Gasteiger charge is 2.52. The van der Waals surface area contributed by atoms with Gasteiger partial charge in [-0.1, -0.05) is 18.6 Å². The highest BCUT2D eigenvalue weighted by atomic mass is 35.5. The lowest BCUT2D eigenvalue weighted by atomic mass is 9.96. The Balaban J connectivity index is 0.00000225. The van der Waals surface area contributed by atoms with Crippen LogP contribution in [0.4, 0.5) is 0 Å². The third kappa shape index (κ3) is 3.84. The molecule has 140 valence electrons. The predicted molar refractivity (Wildman–Crippen MR) is 97.1 cm³/mol. The first kappa shape index (κ1) is 20.2. The van der Waals surface area contributed by atoms with E-state index in [4.69, 9.17) is 10.5 Å². The van der Waals surface area contributed by atoms with Gasteiger partial charge in [0.2, 0.25) is 10.0 Å². The topological polar surface area (TPSA) is 98.5 Å². The molecule has 2 fully saturated rings. The average molecular weight is 389 g/mol. The molecule has 0 aliphatic heterocycles. The quantitative estimate of drug-likeness (QED) is 0.723. The molecule has 3 N–H and O–H groups in total. The number of benzene rings is 1. The zero-order valence-electron chi connectivity index (χ0n) is 14.2. The third-order valence-electron chi connectivity index (χ3n) is 5.31. The van der Waals surface area contributed by atoms with Gasteiger partial charge in [-0.05, 0) is 55.8 Å². The third-order valence-corrected chi connectivity index (χ3v) is 6.82. The molecule has 6 nitrogen and oxygen atoms in total. The number of halogens is 1. The van der Waals surface area contributed by atoms with Crippen molar-refractivity contribution >= 4 is 28.4 Å². The molecular formula is C17H25ClN2O4S. The van der Waals surface area contributed by atoms with Gasteiger partial charge in [-0.25, -0.2) is 13.1 Å². The van der Waals surface area contributed by atoms with Gasteiger partial charge in [0.05, 0.1) is 17.4 Å². The molecule has 3 rings (SSSR count). The maximum Gasteiger partial charge on any atom is 0.316 e. The standard InChI is InChI=1S/C17H24N2O4S.ClH/c1-23-16(20)17(9-10-17)13-5-7-14(8-6-13)24(21,22)19-15-4-2-3-12(15)11-18;/h5-8,12,15,19H,2-4,9-11,18H2,1H3;1H. The fourth-order valence-electron chi connectivity index (χ4n) is 3.63. The van der Waals surface area contributed by atoms with E-state index in [2.05, 4.69) is 4.72 Å². The maximum absolute atomic E-state index is 12.6. The molecule has 2 aliphatic rings. The molecule has 0 spiro atoms. The van der Waals surface area contributed by atoms with E-state index in [-0.39, 0.29) is 35.2 Å². The van der Waals surface area contributed by atoms with Crippen molar-refractivity contribution in [3.63, 3.8) is 0 Å². The maximum atomic E-state index is 12.6. The van der Waals surface area contributed by atoms with Crippen LogP contribution in [0.3, 0.4) is 0 Å². The minimum atomic E-state index is -3.58. The number of methoxy groups -OCH3 is 1. The Morgan fingerprint density at radius 3 is 2.44 bits per heavy atom. The van der Waals surface area contributed by atoms with E-state index >= 15 is 0 Å². The van der Waals surface area contributed by atoms with Crippen molar-refractivity contribution in [3.05, 3.63) is 29.8 Å². The number of hydrogen-bond donors (Lipinski definition) is 2. The van der Waals surface area contributed by atoms with Crippen LogP contribution in [0, 0.1) is 5.92 Å². The number of rotatable bonds is 6. The molecule has 0 radical (unpaired) electrons. The first-order chi connectivity index (χ1) is 11.4. The van der Waals surface area contributed by atoms with Crippen molar-refractivity contribution in [2.75, 3.05) is 13.7 Å². The van der Waals surface area contributed by atoms with Gasteiger partial charge in [0.25, 0.3) is 0 Å². The summed E-state index contributed by atoms with van der Waals surface area (Å²) >= 11 is 0. The summed E-state index contributed by atoms with van der Waals surface area (Å²) in [7, 11) is -2.20. The Bertz CT molecular complexity index is 717. The lowest BCUT2D eigenvalue weighted by molar-refractivity contribution is -0.143. The molecule has 2 unspecified atom stereocenters. The number of ether oxygens (including phenoxy) is 1. The summed E-state index contributed by atoms with van der Waals surface area (Å²) in [5.41, 5.74) is 5.95.